The van der Waals surface area contributed by atoms with Gasteiger partial charge in [-0.25, -0.2) is 0 Å². The molecular formula is C18H31NO. The smallest absolute Gasteiger partial charge is 0.0512 e. The lowest BCUT2D eigenvalue weighted by Gasteiger charge is -2.22. The van der Waals surface area contributed by atoms with Gasteiger partial charge in [-0.05, 0) is 44.8 Å². The lowest BCUT2D eigenvalue weighted by atomic mass is 10.1. The number of aliphatic hydroxyl groups is 1. The number of aliphatic hydroxyl groups excluding tert-OH is 1. The molecule has 0 saturated carbocycles. The highest BCUT2D eigenvalue weighted by Gasteiger charge is 2.06. The molecule has 0 amide bonds. The first-order valence-electron chi connectivity index (χ1n) is 8.16. The van der Waals surface area contributed by atoms with E-state index in [1.54, 1.807) is 0 Å². The van der Waals surface area contributed by atoms with Gasteiger partial charge in [0.2, 0.25) is 0 Å². The highest BCUT2D eigenvalue weighted by Crippen LogP contribution is 2.09. The van der Waals surface area contributed by atoms with E-state index in [1.165, 1.54) is 37.8 Å². The van der Waals surface area contributed by atoms with Crippen molar-refractivity contribution in [2.24, 2.45) is 0 Å². The second-order valence-electron chi connectivity index (χ2n) is 5.81. The standard InChI is InChI=1S/C18H31NO/c1-3-4-5-9-14-19(15-10-11-17(2)20)16-18-12-7-6-8-13-18/h6-8,12-13,17,20H,3-5,9-11,14-16H2,1-2H3. The molecule has 114 valence electrons. The molecule has 0 bridgehead atoms. The second-order valence-corrected chi connectivity index (χ2v) is 5.81. The number of hydrogen-bond donors (Lipinski definition) is 1. The largest absolute Gasteiger partial charge is 0.393 e. The molecule has 1 aromatic rings. The van der Waals surface area contributed by atoms with Crippen LogP contribution in [-0.2, 0) is 6.54 Å². The Hall–Kier alpha value is -0.860. The molecule has 20 heavy (non-hydrogen) atoms. The fourth-order valence-corrected chi connectivity index (χ4v) is 2.48. The molecule has 0 aromatic heterocycles. The third-order valence-corrected chi connectivity index (χ3v) is 3.67. The van der Waals surface area contributed by atoms with Crippen LogP contribution in [0.3, 0.4) is 0 Å². The van der Waals surface area contributed by atoms with Crippen LogP contribution in [0.4, 0.5) is 0 Å². The third kappa shape index (κ3) is 8.34. The molecule has 0 aliphatic rings. The molecule has 1 rings (SSSR count). The zero-order valence-corrected chi connectivity index (χ0v) is 13.2. The minimum atomic E-state index is -0.173. The fourth-order valence-electron chi connectivity index (χ4n) is 2.48. The second kappa shape index (κ2) is 10.9. The van der Waals surface area contributed by atoms with E-state index >= 15 is 0 Å². The Bertz CT molecular complexity index is 323. The highest BCUT2D eigenvalue weighted by molar-refractivity contribution is 5.14. The lowest BCUT2D eigenvalue weighted by Crippen LogP contribution is -2.26. The van der Waals surface area contributed by atoms with Gasteiger partial charge in [-0.15, -0.1) is 0 Å². The number of hydrogen-bond acceptors (Lipinski definition) is 2. The number of rotatable bonds is 11. The third-order valence-electron chi connectivity index (χ3n) is 3.67. The van der Waals surface area contributed by atoms with Gasteiger partial charge in [0.1, 0.15) is 0 Å². The van der Waals surface area contributed by atoms with Crippen molar-refractivity contribution >= 4 is 0 Å². The summed E-state index contributed by atoms with van der Waals surface area (Å²) in [6.07, 6.45) is 7.06. The Labute approximate surface area is 124 Å². The molecular weight excluding hydrogens is 246 g/mol. The molecule has 0 radical (unpaired) electrons. The minimum Gasteiger partial charge on any atom is -0.393 e. The summed E-state index contributed by atoms with van der Waals surface area (Å²) in [6.45, 7) is 7.43. The van der Waals surface area contributed by atoms with Gasteiger partial charge in [-0.3, -0.25) is 4.90 Å². The summed E-state index contributed by atoms with van der Waals surface area (Å²) >= 11 is 0. The maximum absolute atomic E-state index is 9.38. The van der Waals surface area contributed by atoms with Crippen LogP contribution in [0, 0.1) is 0 Å². The fraction of sp³-hybridized carbons (Fsp3) is 0.667. The van der Waals surface area contributed by atoms with Crippen molar-refractivity contribution in [2.75, 3.05) is 13.1 Å². The topological polar surface area (TPSA) is 23.5 Å². The van der Waals surface area contributed by atoms with E-state index in [4.69, 9.17) is 0 Å². The minimum absolute atomic E-state index is 0.173. The molecule has 0 saturated heterocycles. The van der Waals surface area contributed by atoms with Crippen LogP contribution in [0.5, 0.6) is 0 Å². The van der Waals surface area contributed by atoms with E-state index in [9.17, 15) is 5.11 Å². The predicted octanol–water partition coefficient (Wildman–Crippen LogP) is 4.23. The van der Waals surface area contributed by atoms with Crippen LogP contribution < -0.4 is 0 Å². The van der Waals surface area contributed by atoms with Gasteiger partial charge < -0.3 is 5.11 Å². The molecule has 2 heteroatoms. The quantitative estimate of drug-likeness (QED) is 0.612. The molecule has 0 heterocycles. The first-order valence-corrected chi connectivity index (χ1v) is 8.16. The first-order chi connectivity index (χ1) is 9.72. The monoisotopic (exact) mass is 277 g/mol. The Kier molecular flexibility index (Phi) is 9.35. The average molecular weight is 277 g/mol. The van der Waals surface area contributed by atoms with Crippen molar-refractivity contribution in [2.45, 2.75) is 65.0 Å². The lowest BCUT2D eigenvalue weighted by molar-refractivity contribution is 0.168. The molecule has 2 nitrogen and oxygen atoms in total. The van der Waals surface area contributed by atoms with Crippen molar-refractivity contribution < 1.29 is 5.11 Å². The Morgan fingerprint density at radius 1 is 1.00 bits per heavy atom. The van der Waals surface area contributed by atoms with Crippen molar-refractivity contribution in [1.82, 2.24) is 4.90 Å². The predicted molar refractivity (Wildman–Crippen MR) is 86.8 cm³/mol. The maximum atomic E-state index is 9.38. The van der Waals surface area contributed by atoms with Gasteiger partial charge in [0, 0.05) is 6.54 Å². The van der Waals surface area contributed by atoms with Gasteiger partial charge >= 0.3 is 0 Å². The van der Waals surface area contributed by atoms with E-state index in [2.05, 4.69) is 42.2 Å². The van der Waals surface area contributed by atoms with Gasteiger partial charge in [0.05, 0.1) is 6.10 Å². The number of nitrogens with zero attached hydrogens (tertiary/aromatic N) is 1. The number of unbranched alkanes of at least 4 members (excludes halogenated alkanes) is 3. The normalized spacial score (nSPS) is 12.8. The maximum Gasteiger partial charge on any atom is 0.0512 e. The summed E-state index contributed by atoms with van der Waals surface area (Å²) in [5.74, 6) is 0. The molecule has 1 atom stereocenters. The summed E-state index contributed by atoms with van der Waals surface area (Å²) in [4.78, 5) is 2.54. The zero-order chi connectivity index (χ0) is 14.6. The van der Waals surface area contributed by atoms with Crippen molar-refractivity contribution in [1.29, 1.82) is 0 Å². The van der Waals surface area contributed by atoms with Crippen LogP contribution in [0.25, 0.3) is 0 Å². The first kappa shape index (κ1) is 17.2. The Morgan fingerprint density at radius 2 is 1.70 bits per heavy atom. The molecule has 1 N–H and O–H groups in total. The van der Waals surface area contributed by atoms with Crippen LogP contribution >= 0.6 is 0 Å². The summed E-state index contributed by atoms with van der Waals surface area (Å²) in [5, 5.41) is 9.38. The highest BCUT2D eigenvalue weighted by atomic mass is 16.3. The molecule has 0 spiro atoms. The van der Waals surface area contributed by atoms with Gasteiger partial charge in [-0.2, -0.15) is 0 Å². The van der Waals surface area contributed by atoms with E-state index in [0.29, 0.717) is 0 Å². The van der Waals surface area contributed by atoms with Crippen molar-refractivity contribution in [3.05, 3.63) is 35.9 Å². The summed E-state index contributed by atoms with van der Waals surface area (Å²) in [7, 11) is 0. The van der Waals surface area contributed by atoms with Gasteiger partial charge in [0.15, 0.2) is 0 Å². The van der Waals surface area contributed by atoms with E-state index < -0.39 is 0 Å². The van der Waals surface area contributed by atoms with Crippen LogP contribution in [0.1, 0.15) is 57.9 Å². The van der Waals surface area contributed by atoms with Crippen LogP contribution in [0.15, 0.2) is 30.3 Å². The summed E-state index contributed by atoms with van der Waals surface area (Å²) in [6, 6.07) is 10.7. The molecule has 0 fully saturated rings. The van der Waals surface area contributed by atoms with Gasteiger partial charge in [0.25, 0.3) is 0 Å². The average Bonchev–Trinajstić information content (AvgIpc) is 2.44. The van der Waals surface area contributed by atoms with Crippen molar-refractivity contribution in [3.8, 4) is 0 Å². The van der Waals surface area contributed by atoms with Crippen molar-refractivity contribution in [3.63, 3.8) is 0 Å². The SMILES string of the molecule is CCCCCCN(CCCC(C)O)Cc1ccccc1. The van der Waals surface area contributed by atoms with E-state index in [1.807, 2.05) is 6.92 Å². The van der Waals surface area contributed by atoms with Crippen LogP contribution in [-0.4, -0.2) is 29.2 Å². The summed E-state index contributed by atoms with van der Waals surface area (Å²) < 4.78 is 0. The Morgan fingerprint density at radius 3 is 2.35 bits per heavy atom. The van der Waals surface area contributed by atoms with E-state index in [-0.39, 0.29) is 6.10 Å². The number of benzene rings is 1. The van der Waals surface area contributed by atoms with E-state index in [0.717, 1.165) is 25.9 Å². The molecule has 0 aliphatic carbocycles. The van der Waals surface area contributed by atoms with Crippen LogP contribution in [0.2, 0.25) is 0 Å². The summed E-state index contributed by atoms with van der Waals surface area (Å²) in [5.41, 5.74) is 1.39. The zero-order valence-electron chi connectivity index (χ0n) is 13.2. The molecule has 1 unspecified atom stereocenters. The van der Waals surface area contributed by atoms with Gasteiger partial charge in [-0.1, -0.05) is 56.5 Å². The molecule has 1 aromatic carbocycles. The Balaban J connectivity index is 2.37. The molecule has 0 aliphatic heterocycles.